The second-order valence-corrected chi connectivity index (χ2v) is 7.54. The van der Waals surface area contributed by atoms with Crippen molar-refractivity contribution in [1.29, 1.82) is 0 Å². The Morgan fingerprint density at radius 2 is 1.89 bits per heavy atom. The van der Waals surface area contributed by atoms with Gasteiger partial charge >= 0.3 is 0 Å². The lowest BCUT2D eigenvalue weighted by Gasteiger charge is -2.16. The van der Waals surface area contributed by atoms with E-state index < -0.39 is 0 Å². The molecule has 144 valence electrons. The van der Waals surface area contributed by atoms with Crippen LogP contribution in [0.5, 0.6) is 0 Å². The maximum absolute atomic E-state index is 12.4. The van der Waals surface area contributed by atoms with Gasteiger partial charge in [-0.15, -0.1) is 10.2 Å². The Morgan fingerprint density at radius 3 is 2.61 bits per heavy atom. The van der Waals surface area contributed by atoms with Crippen molar-refractivity contribution in [3.05, 3.63) is 76.6 Å². The minimum absolute atomic E-state index is 0.0164. The number of hydrogen-bond acceptors (Lipinski definition) is 5. The average Bonchev–Trinajstić information content (AvgIpc) is 3.06. The minimum Gasteiger partial charge on any atom is -0.341 e. The highest BCUT2D eigenvalue weighted by molar-refractivity contribution is 7.99. The Bertz CT molecular complexity index is 956. The molecule has 0 radical (unpaired) electrons. The first-order valence-corrected chi connectivity index (χ1v) is 10.0. The summed E-state index contributed by atoms with van der Waals surface area (Å²) in [5.41, 5.74) is 2.00. The van der Waals surface area contributed by atoms with Crippen LogP contribution in [0.25, 0.3) is 0 Å². The molecule has 1 heterocycles. The van der Waals surface area contributed by atoms with E-state index in [-0.39, 0.29) is 11.7 Å². The zero-order valence-corrected chi connectivity index (χ0v) is 17.2. The number of aryl methyl sites for hydroxylation is 1. The van der Waals surface area contributed by atoms with E-state index in [1.807, 2.05) is 49.4 Å². The van der Waals surface area contributed by atoms with E-state index in [2.05, 4.69) is 15.3 Å². The van der Waals surface area contributed by atoms with Gasteiger partial charge in [0, 0.05) is 18.6 Å². The standard InChI is InChI=1S/C20H20ClN5OS/c1-15-23-24-20(26(15)22-12-16-8-10-18(21)11-9-16)28-14-19(27)25(2)13-17-6-4-3-5-7-17/h3-12H,13-14H2,1-2H3/b22-12-. The molecule has 1 aromatic heterocycles. The molecule has 0 fully saturated rings. The quantitative estimate of drug-likeness (QED) is 0.435. The van der Waals surface area contributed by atoms with Crippen LogP contribution in [-0.2, 0) is 11.3 Å². The highest BCUT2D eigenvalue weighted by atomic mass is 35.5. The molecule has 0 saturated heterocycles. The van der Waals surface area contributed by atoms with Crippen LogP contribution in [-0.4, -0.2) is 44.7 Å². The zero-order chi connectivity index (χ0) is 19.9. The van der Waals surface area contributed by atoms with Crippen molar-refractivity contribution < 1.29 is 4.79 Å². The highest BCUT2D eigenvalue weighted by Gasteiger charge is 2.14. The first-order valence-electron chi connectivity index (χ1n) is 8.65. The van der Waals surface area contributed by atoms with E-state index in [1.165, 1.54) is 11.8 Å². The van der Waals surface area contributed by atoms with Gasteiger partial charge in [-0.1, -0.05) is 65.8 Å². The number of rotatable bonds is 7. The van der Waals surface area contributed by atoms with Crippen molar-refractivity contribution in [3.63, 3.8) is 0 Å². The van der Waals surface area contributed by atoms with Gasteiger partial charge in [-0.2, -0.15) is 9.78 Å². The van der Waals surface area contributed by atoms with Crippen LogP contribution in [0.1, 0.15) is 17.0 Å². The number of carbonyl (C=O) groups excluding carboxylic acids is 1. The summed E-state index contributed by atoms with van der Waals surface area (Å²) in [7, 11) is 1.80. The SMILES string of the molecule is Cc1nnc(SCC(=O)N(C)Cc2ccccc2)n1/N=C\c1ccc(Cl)cc1. The number of hydrogen-bond donors (Lipinski definition) is 0. The second kappa shape index (κ2) is 9.52. The summed E-state index contributed by atoms with van der Waals surface area (Å²) in [6.07, 6.45) is 1.71. The maximum Gasteiger partial charge on any atom is 0.233 e. The normalized spacial score (nSPS) is 11.1. The van der Waals surface area contributed by atoms with Crippen LogP contribution >= 0.6 is 23.4 Å². The molecule has 28 heavy (non-hydrogen) atoms. The third kappa shape index (κ3) is 5.43. The number of aromatic nitrogens is 3. The summed E-state index contributed by atoms with van der Waals surface area (Å²) in [5.74, 6) is 0.929. The molecule has 0 aliphatic heterocycles. The van der Waals surface area contributed by atoms with Gasteiger partial charge in [-0.25, -0.2) is 0 Å². The van der Waals surface area contributed by atoms with Gasteiger partial charge in [-0.3, -0.25) is 4.79 Å². The molecule has 0 bridgehead atoms. The van der Waals surface area contributed by atoms with Crippen LogP contribution < -0.4 is 0 Å². The molecule has 6 nitrogen and oxygen atoms in total. The number of benzene rings is 2. The van der Waals surface area contributed by atoms with Gasteiger partial charge in [0.15, 0.2) is 5.82 Å². The van der Waals surface area contributed by atoms with E-state index in [0.717, 1.165) is 11.1 Å². The summed E-state index contributed by atoms with van der Waals surface area (Å²) in [5, 5.41) is 13.9. The van der Waals surface area contributed by atoms with Crippen molar-refractivity contribution in [3.8, 4) is 0 Å². The predicted molar refractivity (Wildman–Crippen MR) is 113 cm³/mol. The first kappa shape index (κ1) is 20.1. The Balaban J connectivity index is 1.61. The summed E-state index contributed by atoms with van der Waals surface area (Å²) in [6, 6.07) is 17.3. The number of nitrogens with zero attached hydrogens (tertiary/aromatic N) is 5. The lowest BCUT2D eigenvalue weighted by Crippen LogP contribution is -2.27. The summed E-state index contributed by atoms with van der Waals surface area (Å²) in [6.45, 7) is 2.39. The van der Waals surface area contributed by atoms with Gasteiger partial charge in [0.1, 0.15) is 0 Å². The number of carbonyl (C=O) groups is 1. The summed E-state index contributed by atoms with van der Waals surface area (Å²) in [4.78, 5) is 14.1. The molecular weight excluding hydrogens is 394 g/mol. The fourth-order valence-electron chi connectivity index (χ4n) is 2.42. The maximum atomic E-state index is 12.4. The van der Waals surface area contributed by atoms with E-state index in [9.17, 15) is 4.79 Å². The molecule has 8 heteroatoms. The third-order valence-corrected chi connectivity index (χ3v) is 5.13. The molecule has 1 amide bonds. The molecule has 0 unspecified atom stereocenters. The lowest BCUT2D eigenvalue weighted by atomic mass is 10.2. The van der Waals surface area contributed by atoms with E-state index >= 15 is 0 Å². The zero-order valence-electron chi connectivity index (χ0n) is 15.6. The fourth-order valence-corrected chi connectivity index (χ4v) is 3.42. The van der Waals surface area contributed by atoms with Crippen molar-refractivity contribution in [2.75, 3.05) is 12.8 Å². The molecule has 0 aliphatic rings. The van der Waals surface area contributed by atoms with Gasteiger partial charge in [-0.05, 0) is 30.2 Å². The molecule has 0 aliphatic carbocycles. The Hall–Kier alpha value is -2.64. The van der Waals surface area contributed by atoms with Crippen molar-refractivity contribution in [2.45, 2.75) is 18.6 Å². The van der Waals surface area contributed by atoms with Crippen LogP contribution in [0.15, 0.2) is 64.9 Å². The second-order valence-electron chi connectivity index (χ2n) is 6.16. The van der Waals surface area contributed by atoms with Gasteiger partial charge in [0.05, 0.1) is 12.0 Å². The molecule has 0 N–H and O–H groups in total. The number of thioether (sulfide) groups is 1. The summed E-state index contributed by atoms with van der Waals surface area (Å²) < 4.78 is 1.63. The van der Waals surface area contributed by atoms with Crippen LogP contribution in [0.2, 0.25) is 5.02 Å². The van der Waals surface area contributed by atoms with E-state index in [1.54, 1.807) is 35.0 Å². The molecular formula is C20H20ClN5OS. The molecule has 0 saturated carbocycles. The van der Waals surface area contributed by atoms with Crippen LogP contribution in [0.3, 0.4) is 0 Å². The minimum atomic E-state index is 0.0164. The molecule has 3 rings (SSSR count). The number of halogens is 1. The number of amides is 1. The lowest BCUT2D eigenvalue weighted by molar-refractivity contribution is -0.127. The Labute approximate surface area is 173 Å². The summed E-state index contributed by atoms with van der Waals surface area (Å²) >= 11 is 7.22. The monoisotopic (exact) mass is 413 g/mol. The molecule has 3 aromatic rings. The Kier molecular flexibility index (Phi) is 6.84. The highest BCUT2D eigenvalue weighted by Crippen LogP contribution is 2.18. The fraction of sp³-hybridized carbons (Fsp3) is 0.200. The first-order chi connectivity index (χ1) is 13.5. The predicted octanol–water partition coefficient (Wildman–Crippen LogP) is 3.87. The van der Waals surface area contributed by atoms with Gasteiger partial charge < -0.3 is 4.90 Å². The average molecular weight is 414 g/mol. The molecule has 2 aromatic carbocycles. The Morgan fingerprint density at radius 1 is 1.18 bits per heavy atom. The topological polar surface area (TPSA) is 63.4 Å². The van der Waals surface area contributed by atoms with Gasteiger partial charge in [0.25, 0.3) is 0 Å². The van der Waals surface area contributed by atoms with Gasteiger partial charge in [0.2, 0.25) is 11.1 Å². The van der Waals surface area contributed by atoms with E-state index in [4.69, 9.17) is 11.6 Å². The van der Waals surface area contributed by atoms with Crippen molar-refractivity contribution in [2.24, 2.45) is 5.10 Å². The smallest absolute Gasteiger partial charge is 0.233 e. The van der Waals surface area contributed by atoms with Crippen LogP contribution in [0, 0.1) is 6.92 Å². The van der Waals surface area contributed by atoms with Crippen LogP contribution in [0.4, 0.5) is 0 Å². The van der Waals surface area contributed by atoms with E-state index in [0.29, 0.717) is 22.5 Å². The molecule has 0 atom stereocenters. The molecule has 0 spiro atoms. The van der Waals surface area contributed by atoms with Crippen molar-refractivity contribution >= 4 is 35.5 Å². The largest absolute Gasteiger partial charge is 0.341 e. The third-order valence-electron chi connectivity index (χ3n) is 3.97. The van der Waals surface area contributed by atoms with Crippen molar-refractivity contribution in [1.82, 2.24) is 19.8 Å².